The van der Waals surface area contributed by atoms with Crippen molar-refractivity contribution in [3.63, 3.8) is 0 Å². The van der Waals surface area contributed by atoms with E-state index in [1.54, 1.807) is 66.7 Å². The highest BCUT2D eigenvalue weighted by atomic mass is 19.4. The number of para-hydroxylation sites is 2. The van der Waals surface area contributed by atoms with E-state index < -0.39 is 30.5 Å². The summed E-state index contributed by atoms with van der Waals surface area (Å²) < 4.78 is 46.9. The Bertz CT molecular complexity index is 1950. The minimum absolute atomic E-state index is 0.0448. The van der Waals surface area contributed by atoms with Gasteiger partial charge in [0.2, 0.25) is 5.91 Å². The van der Waals surface area contributed by atoms with Crippen LogP contribution < -0.4 is 10.1 Å². The van der Waals surface area contributed by atoms with Crippen molar-refractivity contribution in [1.29, 1.82) is 0 Å². The first-order valence-corrected chi connectivity index (χ1v) is 15.3. The van der Waals surface area contributed by atoms with Crippen molar-refractivity contribution in [3.8, 4) is 33.9 Å². The maximum atomic E-state index is 14.0. The molecule has 1 aromatic heterocycles. The number of nitrogens with one attached hydrogen (secondary N) is 1. The summed E-state index contributed by atoms with van der Waals surface area (Å²) in [5, 5.41) is 2.84. The van der Waals surface area contributed by atoms with Crippen LogP contribution in [0, 0.1) is 0 Å². The molecule has 48 heavy (non-hydrogen) atoms. The van der Waals surface area contributed by atoms with Crippen molar-refractivity contribution in [1.82, 2.24) is 9.88 Å². The van der Waals surface area contributed by atoms with Crippen LogP contribution in [-0.2, 0) is 9.59 Å². The van der Waals surface area contributed by atoms with Gasteiger partial charge in [0.25, 0.3) is 5.91 Å². The van der Waals surface area contributed by atoms with Gasteiger partial charge in [0, 0.05) is 18.5 Å². The van der Waals surface area contributed by atoms with Gasteiger partial charge in [0.1, 0.15) is 24.3 Å². The van der Waals surface area contributed by atoms with Gasteiger partial charge in [-0.25, -0.2) is 0 Å². The van der Waals surface area contributed by atoms with E-state index in [0.29, 0.717) is 51.4 Å². The number of nitrogens with zero attached hydrogens (tertiary/aromatic N) is 2. The van der Waals surface area contributed by atoms with Gasteiger partial charge in [-0.1, -0.05) is 72.8 Å². The molecule has 0 bridgehead atoms. The molecular weight excluding hydrogens is 619 g/mol. The SMILES string of the molecule is O=CCCCN(CC(F)(F)F)C(=O)C1c2ccccc2-c2cccc(-c3ccc(NC(=O)c4ccccc4Oc4ccccc4)cn3)c21. The summed E-state index contributed by atoms with van der Waals surface area (Å²) in [5.41, 5.74) is 4.45. The summed E-state index contributed by atoms with van der Waals surface area (Å²) in [6.07, 6.45) is -2.34. The molecule has 6 rings (SSSR count). The van der Waals surface area contributed by atoms with E-state index in [1.807, 2.05) is 42.5 Å². The number of benzene rings is 4. The number of hydrogen-bond donors (Lipinski definition) is 1. The normalized spacial score (nSPS) is 13.3. The third-order valence-corrected chi connectivity index (χ3v) is 8.04. The molecule has 1 aliphatic rings. The van der Waals surface area contributed by atoms with Crippen molar-refractivity contribution in [3.05, 3.63) is 132 Å². The summed E-state index contributed by atoms with van der Waals surface area (Å²) in [5.74, 6) is -1.14. The first-order chi connectivity index (χ1) is 23.2. The Morgan fingerprint density at radius 3 is 2.29 bits per heavy atom. The Hall–Kier alpha value is -5.77. The summed E-state index contributed by atoms with van der Waals surface area (Å²) in [4.78, 5) is 43.6. The Morgan fingerprint density at radius 1 is 0.833 bits per heavy atom. The first-order valence-electron chi connectivity index (χ1n) is 15.3. The number of hydrogen-bond acceptors (Lipinski definition) is 5. The molecule has 1 N–H and O–H groups in total. The number of anilines is 1. The van der Waals surface area contributed by atoms with Crippen LogP contribution in [0.1, 0.15) is 40.2 Å². The number of carbonyl (C=O) groups excluding carboxylic acids is 3. The highest BCUT2D eigenvalue weighted by molar-refractivity contribution is 6.06. The molecule has 1 heterocycles. The number of aldehydes is 1. The van der Waals surface area contributed by atoms with E-state index in [1.165, 1.54) is 6.20 Å². The minimum atomic E-state index is -4.62. The third-order valence-electron chi connectivity index (χ3n) is 8.04. The number of fused-ring (bicyclic) bond motifs is 3. The van der Waals surface area contributed by atoms with Crippen molar-refractivity contribution in [2.24, 2.45) is 0 Å². The molecule has 1 atom stereocenters. The van der Waals surface area contributed by atoms with Crippen LogP contribution in [0.15, 0.2) is 115 Å². The van der Waals surface area contributed by atoms with Gasteiger partial charge in [0.05, 0.1) is 29.1 Å². The lowest BCUT2D eigenvalue weighted by Gasteiger charge is -2.28. The molecule has 242 valence electrons. The van der Waals surface area contributed by atoms with Gasteiger partial charge in [-0.05, 0) is 65.1 Å². The number of amides is 2. The van der Waals surface area contributed by atoms with Crippen LogP contribution in [0.25, 0.3) is 22.4 Å². The zero-order valence-corrected chi connectivity index (χ0v) is 25.6. The van der Waals surface area contributed by atoms with Crippen LogP contribution in [0.4, 0.5) is 18.9 Å². The van der Waals surface area contributed by atoms with E-state index in [9.17, 15) is 27.6 Å². The van der Waals surface area contributed by atoms with Gasteiger partial charge in [-0.15, -0.1) is 0 Å². The Labute approximate surface area is 275 Å². The molecule has 2 amide bonds. The second-order valence-electron chi connectivity index (χ2n) is 11.3. The van der Waals surface area contributed by atoms with Gasteiger partial charge in [-0.3, -0.25) is 14.6 Å². The van der Waals surface area contributed by atoms with E-state index in [4.69, 9.17) is 4.74 Å². The predicted octanol–water partition coefficient (Wildman–Crippen LogP) is 8.28. The molecule has 1 unspecified atom stereocenters. The molecule has 0 fully saturated rings. The lowest BCUT2D eigenvalue weighted by Crippen LogP contribution is -2.42. The minimum Gasteiger partial charge on any atom is -0.457 e. The summed E-state index contributed by atoms with van der Waals surface area (Å²) >= 11 is 0. The number of carbonyl (C=O) groups is 3. The van der Waals surface area contributed by atoms with E-state index in [2.05, 4.69) is 10.3 Å². The molecular formula is C38H30F3N3O4. The van der Waals surface area contributed by atoms with Gasteiger partial charge < -0.3 is 19.7 Å². The largest absolute Gasteiger partial charge is 0.457 e. The summed E-state index contributed by atoms with van der Waals surface area (Å²) in [6, 6.07) is 31.9. The van der Waals surface area contributed by atoms with Crippen molar-refractivity contribution >= 4 is 23.8 Å². The summed E-state index contributed by atoms with van der Waals surface area (Å²) in [6.45, 7) is -1.63. The molecule has 0 aliphatic heterocycles. The van der Waals surface area contributed by atoms with Gasteiger partial charge >= 0.3 is 6.18 Å². The Balaban J connectivity index is 1.30. The molecule has 0 radical (unpaired) electrons. The van der Waals surface area contributed by atoms with E-state index in [-0.39, 0.29) is 19.4 Å². The second-order valence-corrected chi connectivity index (χ2v) is 11.3. The molecule has 7 nitrogen and oxygen atoms in total. The van der Waals surface area contributed by atoms with E-state index >= 15 is 0 Å². The molecule has 4 aromatic carbocycles. The van der Waals surface area contributed by atoms with Crippen molar-refractivity contribution in [2.45, 2.75) is 24.9 Å². The standard InChI is InChI=1S/C38H30F3N3O4/c39-38(40,41)24-44(21-8-9-22-45)37(47)35-29-14-5-4-13-27(29)28-16-10-17-30(34(28)35)32-20-19-25(23-42-32)43-36(46)31-15-6-7-18-33(31)48-26-11-2-1-3-12-26/h1-7,10-20,22-23,35H,8-9,21,24H2,(H,43,46). The fourth-order valence-corrected chi connectivity index (χ4v) is 5.96. The number of rotatable bonds is 11. The Kier molecular flexibility index (Phi) is 9.33. The number of alkyl halides is 3. The maximum absolute atomic E-state index is 14.0. The second kappa shape index (κ2) is 13.9. The first kappa shape index (κ1) is 32.2. The average Bonchev–Trinajstić information content (AvgIpc) is 3.43. The van der Waals surface area contributed by atoms with Gasteiger partial charge in [0.15, 0.2) is 0 Å². The predicted molar refractivity (Wildman–Crippen MR) is 176 cm³/mol. The third kappa shape index (κ3) is 6.97. The number of ether oxygens (including phenoxy) is 1. The topological polar surface area (TPSA) is 88.6 Å². The molecule has 5 aromatic rings. The zero-order valence-electron chi connectivity index (χ0n) is 25.6. The number of unbranched alkanes of at least 4 members (excludes halogenated alkanes) is 1. The van der Waals surface area contributed by atoms with Gasteiger partial charge in [-0.2, -0.15) is 13.2 Å². The quantitative estimate of drug-likeness (QED) is 0.115. The highest BCUT2D eigenvalue weighted by Gasteiger charge is 2.41. The number of aromatic nitrogens is 1. The average molecular weight is 650 g/mol. The van der Waals surface area contributed by atoms with Crippen LogP contribution in [0.3, 0.4) is 0 Å². The monoisotopic (exact) mass is 649 g/mol. The molecule has 0 saturated heterocycles. The molecule has 1 aliphatic carbocycles. The van der Waals surface area contributed by atoms with Crippen LogP contribution in [0.5, 0.6) is 11.5 Å². The van der Waals surface area contributed by atoms with Crippen LogP contribution in [0.2, 0.25) is 0 Å². The van der Waals surface area contributed by atoms with Crippen molar-refractivity contribution in [2.75, 3.05) is 18.4 Å². The maximum Gasteiger partial charge on any atom is 0.406 e. The fourth-order valence-electron chi connectivity index (χ4n) is 5.96. The molecule has 0 saturated carbocycles. The lowest BCUT2D eigenvalue weighted by molar-refractivity contribution is -0.161. The summed E-state index contributed by atoms with van der Waals surface area (Å²) in [7, 11) is 0. The van der Waals surface area contributed by atoms with Crippen molar-refractivity contribution < 1.29 is 32.3 Å². The van der Waals surface area contributed by atoms with E-state index in [0.717, 1.165) is 16.0 Å². The van der Waals surface area contributed by atoms with Crippen LogP contribution >= 0.6 is 0 Å². The number of pyridine rings is 1. The zero-order chi connectivity index (χ0) is 33.7. The lowest BCUT2D eigenvalue weighted by atomic mass is 9.90. The highest BCUT2D eigenvalue weighted by Crippen LogP contribution is 2.49. The van der Waals surface area contributed by atoms with Crippen LogP contribution in [-0.4, -0.2) is 47.3 Å². The Morgan fingerprint density at radius 2 is 1.54 bits per heavy atom. The molecule has 10 heteroatoms. The number of halogens is 3. The molecule has 0 spiro atoms. The fraction of sp³-hybridized carbons (Fsp3) is 0.158. The smallest absolute Gasteiger partial charge is 0.406 e.